The summed E-state index contributed by atoms with van der Waals surface area (Å²) in [6, 6.07) is 13.5. The van der Waals surface area contributed by atoms with Gasteiger partial charge in [0.15, 0.2) is 0 Å². The number of methoxy groups -OCH3 is 1. The number of carbonyl (C=O) groups is 2. The van der Waals surface area contributed by atoms with E-state index in [1.807, 2.05) is 19.1 Å². The summed E-state index contributed by atoms with van der Waals surface area (Å²) in [6.07, 6.45) is 1.62. The molecule has 1 unspecified atom stereocenters. The fraction of sp³-hybridized carbons (Fsp3) is 0.429. The number of rotatable bonds is 12. The van der Waals surface area contributed by atoms with Crippen molar-refractivity contribution in [3.05, 3.63) is 65.2 Å². The Hall–Kier alpha value is -3.32. The van der Waals surface area contributed by atoms with Gasteiger partial charge in [0.25, 0.3) is 11.7 Å². The molecule has 0 spiro atoms. The number of ether oxygens (including phenoxy) is 2. The molecule has 7 nitrogen and oxygen atoms in total. The molecule has 35 heavy (non-hydrogen) atoms. The number of Topliss-reactive ketones (excluding diaryl/α,β-unsaturated/α-hetero) is 1. The number of aliphatic hydroxyl groups excluding tert-OH is 1. The normalized spacial score (nSPS) is 17.3. The number of hydrogen-bond acceptors (Lipinski definition) is 6. The van der Waals surface area contributed by atoms with Gasteiger partial charge < -0.3 is 24.4 Å². The Labute approximate surface area is 207 Å². The van der Waals surface area contributed by atoms with E-state index >= 15 is 0 Å². The van der Waals surface area contributed by atoms with Crippen molar-refractivity contribution in [3.63, 3.8) is 0 Å². The van der Waals surface area contributed by atoms with Gasteiger partial charge >= 0.3 is 0 Å². The summed E-state index contributed by atoms with van der Waals surface area (Å²) >= 11 is 0. The molecule has 0 bridgehead atoms. The second kappa shape index (κ2) is 12.4. The maximum Gasteiger partial charge on any atom is 0.295 e. The molecular formula is C28H36N2O5. The SMILES string of the molecule is CCCOc1ccc(/C(O)=C2\C(=O)C(=O)N(CCCN(CC)CC)C2c2ccc(OC)cc2)cc1. The lowest BCUT2D eigenvalue weighted by molar-refractivity contribution is -0.140. The lowest BCUT2D eigenvalue weighted by atomic mass is 9.95. The van der Waals surface area contributed by atoms with E-state index in [1.54, 1.807) is 48.4 Å². The minimum atomic E-state index is -0.673. The van der Waals surface area contributed by atoms with Gasteiger partial charge in [-0.05, 0) is 74.4 Å². The van der Waals surface area contributed by atoms with Gasteiger partial charge in [-0.2, -0.15) is 0 Å². The molecule has 188 valence electrons. The van der Waals surface area contributed by atoms with Crippen molar-refractivity contribution in [3.8, 4) is 11.5 Å². The van der Waals surface area contributed by atoms with Crippen LogP contribution in [0.25, 0.3) is 5.76 Å². The lowest BCUT2D eigenvalue weighted by Gasteiger charge is -2.27. The molecule has 0 saturated carbocycles. The van der Waals surface area contributed by atoms with Crippen molar-refractivity contribution in [1.82, 2.24) is 9.80 Å². The standard InChI is InChI=1S/C28H36N2O5/c1-5-19-35-23-15-11-21(12-16-23)26(31)24-25(20-9-13-22(34-4)14-10-20)30(28(33)27(24)32)18-8-17-29(6-2)7-3/h9-16,25,31H,5-8,17-19H2,1-4H3/b26-24+. The molecule has 3 rings (SSSR count). The monoisotopic (exact) mass is 480 g/mol. The summed E-state index contributed by atoms with van der Waals surface area (Å²) < 4.78 is 10.9. The number of nitrogens with zero attached hydrogens (tertiary/aromatic N) is 2. The lowest BCUT2D eigenvalue weighted by Crippen LogP contribution is -2.33. The highest BCUT2D eigenvalue weighted by atomic mass is 16.5. The first-order valence-corrected chi connectivity index (χ1v) is 12.3. The molecule has 1 N–H and O–H groups in total. The van der Waals surface area contributed by atoms with Crippen LogP contribution in [0.4, 0.5) is 0 Å². The smallest absolute Gasteiger partial charge is 0.295 e. The molecule has 1 aliphatic heterocycles. The summed E-state index contributed by atoms with van der Waals surface area (Å²) in [6.45, 7) is 9.92. The second-order valence-electron chi connectivity index (χ2n) is 8.52. The molecule has 0 aliphatic carbocycles. The van der Waals surface area contributed by atoms with Crippen molar-refractivity contribution < 1.29 is 24.2 Å². The summed E-state index contributed by atoms with van der Waals surface area (Å²) in [5.74, 6) is -0.0772. The molecule has 1 aliphatic rings. The van der Waals surface area contributed by atoms with Gasteiger partial charge in [0.1, 0.15) is 17.3 Å². The van der Waals surface area contributed by atoms with Crippen LogP contribution in [0.5, 0.6) is 11.5 Å². The number of hydrogen-bond donors (Lipinski definition) is 1. The Bertz CT molecular complexity index is 1030. The van der Waals surface area contributed by atoms with E-state index in [4.69, 9.17) is 9.47 Å². The van der Waals surface area contributed by atoms with Crippen LogP contribution in [-0.2, 0) is 9.59 Å². The van der Waals surface area contributed by atoms with Crippen LogP contribution in [0, 0.1) is 0 Å². The minimum Gasteiger partial charge on any atom is -0.507 e. The Morgan fingerprint density at radius 3 is 2.17 bits per heavy atom. The summed E-state index contributed by atoms with van der Waals surface area (Å²) in [5, 5.41) is 11.2. The number of amides is 1. The second-order valence-corrected chi connectivity index (χ2v) is 8.52. The maximum atomic E-state index is 13.2. The van der Waals surface area contributed by atoms with Crippen LogP contribution in [0.3, 0.4) is 0 Å². The van der Waals surface area contributed by atoms with E-state index in [1.165, 1.54) is 0 Å². The van der Waals surface area contributed by atoms with Gasteiger partial charge in [-0.3, -0.25) is 9.59 Å². The van der Waals surface area contributed by atoms with E-state index in [-0.39, 0.29) is 11.3 Å². The first-order valence-electron chi connectivity index (χ1n) is 12.3. The third-order valence-corrected chi connectivity index (χ3v) is 6.34. The highest BCUT2D eigenvalue weighted by molar-refractivity contribution is 6.46. The molecule has 7 heteroatoms. The van der Waals surface area contributed by atoms with Crippen molar-refractivity contribution in [1.29, 1.82) is 0 Å². The predicted octanol–water partition coefficient (Wildman–Crippen LogP) is 4.64. The molecule has 0 radical (unpaired) electrons. The zero-order valence-corrected chi connectivity index (χ0v) is 21.1. The van der Waals surface area contributed by atoms with Crippen LogP contribution in [0.15, 0.2) is 54.1 Å². The Kier molecular flexibility index (Phi) is 9.32. The summed E-state index contributed by atoms with van der Waals surface area (Å²) in [7, 11) is 1.59. The zero-order chi connectivity index (χ0) is 25.4. The topological polar surface area (TPSA) is 79.3 Å². The molecule has 1 atom stereocenters. The van der Waals surface area contributed by atoms with Gasteiger partial charge in [0.05, 0.1) is 25.3 Å². The van der Waals surface area contributed by atoms with E-state index in [2.05, 4.69) is 18.7 Å². The molecular weight excluding hydrogens is 444 g/mol. The van der Waals surface area contributed by atoms with Gasteiger partial charge in [0, 0.05) is 12.1 Å². The van der Waals surface area contributed by atoms with Gasteiger partial charge in [-0.25, -0.2) is 0 Å². The minimum absolute atomic E-state index is 0.102. The van der Waals surface area contributed by atoms with Crippen molar-refractivity contribution >= 4 is 17.4 Å². The fourth-order valence-electron chi connectivity index (χ4n) is 4.33. The first-order chi connectivity index (χ1) is 16.9. The highest BCUT2D eigenvalue weighted by Crippen LogP contribution is 2.40. The van der Waals surface area contributed by atoms with Crippen LogP contribution in [-0.4, -0.2) is 66.5 Å². The van der Waals surface area contributed by atoms with Crippen LogP contribution < -0.4 is 9.47 Å². The quantitative estimate of drug-likeness (QED) is 0.271. The summed E-state index contributed by atoms with van der Waals surface area (Å²) in [5.41, 5.74) is 1.32. The van der Waals surface area contributed by atoms with Gasteiger partial charge in [-0.1, -0.05) is 32.9 Å². The first kappa shape index (κ1) is 26.3. The average Bonchev–Trinajstić information content (AvgIpc) is 3.14. The Morgan fingerprint density at radius 1 is 0.971 bits per heavy atom. The van der Waals surface area contributed by atoms with Gasteiger partial charge in [0.2, 0.25) is 0 Å². The average molecular weight is 481 g/mol. The molecule has 1 saturated heterocycles. The molecule has 2 aromatic rings. The van der Waals surface area contributed by atoms with Crippen molar-refractivity contribution in [2.24, 2.45) is 0 Å². The number of carbonyl (C=O) groups excluding carboxylic acids is 2. The fourth-order valence-corrected chi connectivity index (χ4v) is 4.33. The maximum absolute atomic E-state index is 13.2. The van der Waals surface area contributed by atoms with Crippen LogP contribution in [0.2, 0.25) is 0 Å². The Morgan fingerprint density at radius 2 is 1.60 bits per heavy atom. The van der Waals surface area contributed by atoms with E-state index in [0.29, 0.717) is 30.2 Å². The van der Waals surface area contributed by atoms with Crippen LogP contribution in [0.1, 0.15) is 50.8 Å². The molecule has 0 aromatic heterocycles. The number of benzene rings is 2. The zero-order valence-electron chi connectivity index (χ0n) is 21.1. The van der Waals surface area contributed by atoms with Crippen molar-refractivity contribution in [2.45, 2.75) is 39.7 Å². The molecule has 1 amide bonds. The number of likely N-dealkylation sites (tertiary alicyclic amines) is 1. The van der Waals surface area contributed by atoms with Crippen molar-refractivity contribution in [2.75, 3.05) is 39.9 Å². The molecule has 1 fully saturated rings. The third kappa shape index (κ3) is 6.03. The predicted molar refractivity (Wildman–Crippen MR) is 137 cm³/mol. The number of ketones is 1. The highest BCUT2D eigenvalue weighted by Gasteiger charge is 2.45. The third-order valence-electron chi connectivity index (χ3n) is 6.34. The van der Waals surface area contributed by atoms with Crippen LogP contribution >= 0.6 is 0 Å². The Balaban J connectivity index is 1.98. The molecule has 1 heterocycles. The van der Waals surface area contributed by atoms with E-state index in [0.717, 1.165) is 38.0 Å². The van der Waals surface area contributed by atoms with Gasteiger partial charge in [-0.15, -0.1) is 0 Å². The molecule has 2 aromatic carbocycles. The number of aliphatic hydroxyl groups is 1. The summed E-state index contributed by atoms with van der Waals surface area (Å²) in [4.78, 5) is 30.2. The van der Waals surface area contributed by atoms with E-state index < -0.39 is 17.7 Å². The van der Waals surface area contributed by atoms with E-state index in [9.17, 15) is 14.7 Å². The largest absolute Gasteiger partial charge is 0.507 e.